The Labute approximate surface area is 111 Å². The summed E-state index contributed by atoms with van der Waals surface area (Å²) in [6.45, 7) is 1.98. The maximum absolute atomic E-state index is 11.4. The second-order valence-electron chi connectivity index (χ2n) is 5.10. The minimum absolute atomic E-state index is 0.00868. The van der Waals surface area contributed by atoms with Crippen molar-refractivity contribution in [2.75, 3.05) is 20.2 Å². The molecule has 1 aromatic heterocycles. The van der Waals surface area contributed by atoms with Crippen LogP contribution in [0.15, 0.2) is 34.7 Å². The van der Waals surface area contributed by atoms with Gasteiger partial charge in [-0.3, -0.25) is 9.69 Å². The van der Waals surface area contributed by atoms with Crippen molar-refractivity contribution in [2.45, 2.75) is 13.0 Å². The number of ether oxygens (including phenoxy) is 1. The molecule has 1 unspecified atom stereocenters. The van der Waals surface area contributed by atoms with E-state index in [9.17, 15) is 4.79 Å². The van der Waals surface area contributed by atoms with Gasteiger partial charge in [0, 0.05) is 11.9 Å². The first-order valence-electron chi connectivity index (χ1n) is 6.55. The predicted molar refractivity (Wildman–Crippen MR) is 71.6 cm³/mol. The fourth-order valence-corrected chi connectivity index (χ4v) is 2.52. The lowest BCUT2D eigenvalue weighted by atomic mass is 10.1. The number of para-hydroxylation sites is 1. The van der Waals surface area contributed by atoms with Gasteiger partial charge in [0.2, 0.25) is 0 Å². The van der Waals surface area contributed by atoms with E-state index in [2.05, 4.69) is 11.0 Å². The summed E-state index contributed by atoms with van der Waals surface area (Å²) in [7, 11) is 2.00. The highest BCUT2D eigenvalue weighted by Crippen LogP contribution is 2.21. The number of hydrogen-bond donors (Lipinski definition) is 0. The van der Waals surface area contributed by atoms with Crippen molar-refractivity contribution in [3.8, 4) is 0 Å². The second-order valence-corrected chi connectivity index (χ2v) is 5.10. The van der Waals surface area contributed by atoms with E-state index in [1.807, 2.05) is 31.3 Å². The molecule has 100 valence electrons. The van der Waals surface area contributed by atoms with Crippen molar-refractivity contribution in [3.05, 3.63) is 36.1 Å². The van der Waals surface area contributed by atoms with Crippen LogP contribution in [0, 0.1) is 5.92 Å². The summed E-state index contributed by atoms with van der Waals surface area (Å²) >= 11 is 0. The molecule has 0 radical (unpaired) electrons. The summed E-state index contributed by atoms with van der Waals surface area (Å²) in [6, 6.07) is 10.0. The van der Waals surface area contributed by atoms with Crippen LogP contribution in [0.4, 0.5) is 0 Å². The third kappa shape index (κ3) is 2.63. The molecule has 2 aromatic rings. The predicted octanol–water partition coefficient (Wildman–Crippen LogP) is 2.43. The number of cyclic esters (lactones) is 1. The van der Waals surface area contributed by atoms with E-state index in [1.165, 1.54) is 0 Å². The maximum atomic E-state index is 11.4. The van der Waals surface area contributed by atoms with Crippen molar-refractivity contribution in [1.82, 2.24) is 4.90 Å². The Morgan fingerprint density at radius 1 is 1.37 bits per heavy atom. The van der Waals surface area contributed by atoms with Crippen LogP contribution < -0.4 is 0 Å². The first kappa shape index (κ1) is 12.2. The van der Waals surface area contributed by atoms with Gasteiger partial charge in [0.25, 0.3) is 0 Å². The van der Waals surface area contributed by atoms with Crippen LogP contribution in [0.25, 0.3) is 11.0 Å². The van der Waals surface area contributed by atoms with Gasteiger partial charge >= 0.3 is 5.97 Å². The number of esters is 1. The number of carbonyl (C=O) groups is 1. The monoisotopic (exact) mass is 259 g/mol. The van der Waals surface area contributed by atoms with Crippen LogP contribution >= 0.6 is 0 Å². The summed E-state index contributed by atoms with van der Waals surface area (Å²) in [4.78, 5) is 13.5. The number of fused-ring (bicyclic) bond motifs is 1. The van der Waals surface area contributed by atoms with Crippen LogP contribution in [0.5, 0.6) is 0 Å². The van der Waals surface area contributed by atoms with Crippen LogP contribution in [0.2, 0.25) is 0 Å². The Kier molecular flexibility index (Phi) is 3.25. The van der Waals surface area contributed by atoms with E-state index >= 15 is 0 Å². The van der Waals surface area contributed by atoms with E-state index in [4.69, 9.17) is 9.15 Å². The van der Waals surface area contributed by atoms with E-state index in [1.54, 1.807) is 0 Å². The second kappa shape index (κ2) is 5.05. The molecule has 4 heteroatoms. The minimum Gasteiger partial charge on any atom is -0.465 e. The lowest BCUT2D eigenvalue weighted by molar-refractivity contribution is -0.141. The van der Waals surface area contributed by atoms with Crippen LogP contribution in [-0.2, 0) is 16.1 Å². The Balaban J connectivity index is 1.65. The summed E-state index contributed by atoms with van der Waals surface area (Å²) in [5, 5.41) is 1.12. The first-order valence-corrected chi connectivity index (χ1v) is 6.55. The molecule has 1 aliphatic rings. The normalized spacial score (nSPS) is 19.3. The molecular formula is C15H17NO3. The molecule has 1 atom stereocenters. The number of nitrogens with zero attached hydrogens (tertiary/aromatic N) is 1. The molecule has 3 rings (SSSR count). The summed E-state index contributed by atoms with van der Waals surface area (Å²) in [5.41, 5.74) is 0.908. The van der Waals surface area contributed by atoms with Gasteiger partial charge in [0.1, 0.15) is 11.3 Å². The van der Waals surface area contributed by atoms with Gasteiger partial charge in [-0.15, -0.1) is 0 Å². The number of carbonyl (C=O) groups excluding carboxylic acids is 1. The average molecular weight is 259 g/mol. The molecule has 0 spiro atoms. The SMILES string of the molecule is CN(Cc1cc2ccccc2o1)CC1CCOC1=O. The Hall–Kier alpha value is -1.81. The molecule has 19 heavy (non-hydrogen) atoms. The quantitative estimate of drug-likeness (QED) is 0.791. The summed E-state index contributed by atoms with van der Waals surface area (Å²) in [5.74, 6) is 0.862. The number of hydrogen-bond acceptors (Lipinski definition) is 4. The zero-order chi connectivity index (χ0) is 13.2. The fourth-order valence-electron chi connectivity index (χ4n) is 2.52. The van der Waals surface area contributed by atoms with E-state index in [0.717, 1.165) is 29.7 Å². The van der Waals surface area contributed by atoms with Gasteiger partial charge in [-0.25, -0.2) is 0 Å². The van der Waals surface area contributed by atoms with Crippen LogP contribution in [0.3, 0.4) is 0 Å². The number of benzene rings is 1. The molecule has 0 N–H and O–H groups in total. The van der Waals surface area contributed by atoms with Crippen molar-refractivity contribution < 1.29 is 13.9 Å². The van der Waals surface area contributed by atoms with Gasteiger partial charge < -0.3 is 9.15 Å². The van der Waals surface area contributed by atoms with Gasteiger partial charge in [0.15, 0.2) is 0 Å². The average Bonchev–Trinajstić information content (AvgIpc) is 2.95. The van der Waals surface area contributed by atoms with Gasteiger partial charge in [-0.05, 0) is 25.6 Å². The van der Waals surface area contributed by atoms with Crippen LogP contribution in [-0.4, -0.2) is 31.1 Å². The molecule has 2 heterocycles. The first-order chi connectivity index (χ1) is 9.22. The molecule has 1 aromatic carbocycles. The smallest absolute Gasteiger partial charge is 0.310 e. The molecule has 0 aliphatic carbocycles. The van der Waals surface area contributed by atoms with E-state index in [-0.39, 0.29) is 11.9 Å². The standard InChI is InChI=1S/C15H17NO3/c1-16(9-12-6-7-18-15(12)17)10-13-8-11-4-2-3-5-14(11)19-13/h2-5,8,12H,6-7,9-10H2,1H3. The zero-order valence-corrected chi connectivity index (χ0v) is 11.0. The van der Waals surface area contributed by atoms with Crippen molar-refractivity contribution >= 4 is 16.9 Å². The molecule has 0 amide bonds. The number of furan rings is 1. The van der Waals surface area contributed by atoms with Crippen molar-refractivity contribution in [1.29, 1.82) is 0 Å². The lowest BCUT2D eigenvalue weighted by Crippen LogP contribution is -2.27. The van der Waals surface area contributed by atoms with Crippen molar-refractivity contribution in [2.24, 2.45) is 5.92 Å². The molecule has 1 fully saturated rings. The van der Waals surface area contributed by atoms with Crippen molar-refractivity contribution in [3.63, 3.8) is 0 Å². The molecule has 1 saturated heterocycles. The Morgan fingerprint density at radius 2 is 2.21 bits per heavy atom. The highest BCUT2D eigenvalue weighted by Gasteiger charge is 2.27. The molecule has 1 aliphatic heterocycles. The highest BCUT2D eigenvalue weighted by atomic mass is 16.5. The minimum atomic E-state index is -0.0727. The lowest BCUT2D eigenvalue weighted by Gasteiger charge is -2.17. The number of rotatable bonds is 4. The van der Waals surface area contributed by atoms with Gasteiger partial charge in [-0.1, -0.05) is 18.2 Å². The molecular weight excluding hydrogens is 242 g/mol. The summed E-state index contributed by atoms with van der Waals surface area (Å²) in [6.07, 6.45) is 0.823. The van der Waals surface area contributed by atoms with E-state index < -0.39 is 0 Å². The molecule has 0 bridgehead atoms. The largest absolute Gasteiger partial charge is 0.465 e. The van der Waals surface area contributed by atoms with Gasteiger partial charge in [0.05, 0.1) is 19.1 Å². The zero-order valence-electron chi connectivity index (χ0n) is 11.0. The topological polar surface area (TPSA) is 42.7 Å². The van der Waals surface area contributed by atoms with Gasteiger partial charge in [-0.2, -0.15) is 0 Å². The molecule has 0 saturated carbocycles. The fraction of sp³-hybridized carbons (Fsp3) is 0.400. The maximum Gasteiger partial charge on any atom is 0.310 e. The Morgan fingerprint density at radius 3 is 2.95 bits per heavy atom. The van der Waals surface area contributed by atoms with Crippen LogP contribution in [0.1, 0.15) is 12.2 Å². The van der Waals surface area contributed by atoms with E-state index in [0.29, 0.717) is 13.2 Å². The molecule has 4 nitrogen and oxygen atoms in total. The third-order valence-electron chi connectivity index (χ3n) is 3.48. The highest BCUT2D eigenvalue weighted by molar-refractivity contribution is 5.77. The Bertz CT molecular complexity index is 557. The summed E-state index contributed by atoms with van der Waals surface area (Å²) < 4.78 is 10.7. The third-order valence-corrected chi connectivity index (χ3v) is 3.48.